The van der Waals surface area contributed by atoms with Crippen molar-refractivity contribution in [2.75, 3.05) is 13.2 Å². The summed E-state index contributed by atoms with van der Waals surface area (Å²) in [5, 5.41) is 0. The third-order valence-corrected chi connectivity index (χ3v) is 1.08. The smallest absolute Gasteiger partial charge is 0.0466 e. The Morgan fingerprint density at radius 3 is 1.09 bits per heavy atom. The average Bonchev–Trinajstić information content (AvgIpc) is 1.72. The molecule has 0 radical (unpaired) electrons. The Hall–Kier alpha value is 1.12. The minimum Gasteiger partial charge on any atom is -0.381 e. The predicted octanol–water partition coefficient (Wildman–Crippen LogP) is 3.51. The molecular weight excluding hydrogens is 230 g/mol. The molecule has 1 aliphatic heterocycles. The highest BCUT2D eigenvalue weighted by Gasteiger charge is 1.94. The van der Waals surface area contributed by atoms with E-state index in [2.05, 4.69) is 0 Å². The molecule has 0 saturated carbocycles. The van der Waals surface area contributed by atoms with Crippen molar-refractivity contribution in [3.8, 4) is 0 Å². The first-order chi connectivity index (χ1) is 3.00. The quantitative estimate of drug-likeness (QED) is 0.637. The molecule has 1 rings (SSSR count). The molecule has 1 saturated heterocycles. The lowest BCUT2D eigenvalue weighted by Gasteiger charge is -2.08. The van der Waals surface area contributed by atoms with Crippen LogP contribution in [0.1, 0.15) is 26.7 Å². The van der Waals surface area contributed by atoms with Gasteiger partial charge in [-0.1, -0.05) is 7.43 Å². The Morgan fingerprint density at radius 2 is 1.00 bits per heavy atom. The molecule has 1 fully saturated rings. The summed E-state index contributed by atoms with van der Waals surface area (Å²) in [6.07, 6.45) is 3.93. The third-order valence-electron chi connectivity index (χ3n) is 1.08. The van der Waals surface area contributed by atoms with E-state index in [1.807, 2.05) is 0 Å². The van der Waals surface area contributed by atoms with E-state index in [1.54, 1.807) is 0 Å². The number of rotatable bonds is 0. The summed E-state index contributed by atoms with van der Waals surface area (Å²) in [6.45, 7) is 2.00. The van der Waals surface area contributed by atoms with Gasteiger partial charge in [-0.2, -0.15) is 0 Å². The van der Waals surface area contributed by atoms with Crippen molar-refractivity contribution in [2.45, 2.75) is 26.7 Å². The molecule has 0 bridgehead atoms. The molecule has 0 spiro atoms. The molecule has 0 aliphatic carbocycles. The normalized spacial score (nSPS) is 13.1. The molecule has 1 nitrogen and oxygen atoms in total. The average molecular weight is 248 g/mol. The summed E-state index contributed by atoms with van der Waals surface area (Å²) >= 11 is 0. The molecule has 0 aromatic rings. The largest absolute Gasteiger partial charge is 0.381 e. The summed E-state index contributed by atoms with van der Waals surface area (Å²) in [4.78, 5) is 0. The first-order valence-corrected chi connectivity index (χ1v) is 2.58. The van der Waals surface area contributed by atoms with Gasteiger partial charge in [0.2, 0.25) is 0 Å². The van der Waals surface area contributed by atoms with Crippen molar-refractivity contribution in [3.05, 3.63) is 0 Å². The van der Waals surface area contributed by atoms with Gasteiger partial charge >= 0.3 is 0 Å². The fourth-order valence-corrected chi connectivity index (χ4v) is 0.687. The molecule has 0 unspecified atom stereocenters. The lowest BCUT2D eigenvalue weighted by molar-refractivity contribution is 0.0968. The Kier molecular flexibility index (Phi) is 60.4. The van der Waals surface area contributed by atoms with Crippen LogP contribution < -0.4 is 0 Å². The second-order valence-corrected chi connectivity index (χ2v) is 1.67. The van der Waals surface area contributed by atoms with Crippen LogP contribution in [0, 0.1) is 0 Å². The second kappa shape index (κ2) is 22.5. The van der Waals surface area contributed by atoms with Crippen LogP contribution in [0.3, 0.4) is 0 Å². The highest BCUT2D eigenvalue weighted by Crippen LogP contribution is 2.02. The van der Waals surface area contributed by atoms with Gasteiger partial charge < -0.3 is 4.74 Å². The lowest BCUT2D eigenvalue weighted by Crippen LogP contribution is -2.03. The maximum atomic E-state index is 5.07. The minimum absolute atomic E-state index is 0. The SMILES string of the molecule is C.C1CCOCC1.Cl.Cl.Cl.Cl. The van der Waals surface area contributed by atoms with E-state index in [0.29, 0.717) is 0 Å². The Labute approximate surface area is 94.3 Å². The fourth-order valence-electron chi connectivity index (χ4n) is 0.687. The maximum absolute atomic E-state index is 5.07. The number of halogens is 4. The Morgan fingerprint density at radius 1 is 0.636 bits per heavy atom. The number of hydrogen-bond acceptors (Lipinski definition) is 1. The van der Waals surface area contributed by atoms with Gasteiger partial charge in [-0.15, -0.1) is 49.6 Å². The summed E-state index contributed by atoms with van der Waals surface area (Å²) in [5.74, 6) is 0. The van der Waals surface area contributed by atoms with E-state index in [4.69, 9.17) is 4.74 Å². The maximum Gasteiger partial charge on any atom is 0.0466 e. The van der Waals surface area contributed by atoms with Gasteiger partial charge in [0.05, 0.1) is 0 Å². The second-order valence-electron chi connectivity index (χ2n) is 1.67. The molecule has 0 atom stereocenters. The molecule has 5 heteroatoms. The van der Waals surface area contributed by atoms with E-state index in [-0.39, 0.29) is 57.1 Å². The molecular formula is C6H18Cl4O. The van der Waals surface area contributed by atoms with Crippen molar-refractivity contribution < 1.29 is 4.74 Å². The van der Waals surface area contributed by atoms with Crippen molar-refractivity contribution in [3.63, 3.8) is 0 Å². The van der Waals surface area contributed by atoms with Crippen LogP contribution >= 0.6 is 49.6 Å². The van der Waals surface area contributed by atoms with Gasteiger partial charge in [-0.05, 0) is 19.3 Å². The van der Waals surface area contributed by atoms with Crippen molar-refractivity contribution in [1.82, 2.24) is 0 Å². The minimum atomic E-state index is 0. The number of hydrogen-bond donors (Lipinski definition) is 0. The van der Waals surface area contributed by atoms with E-state index in [1.165, 1.54) is 19.3 Å². The zero-order valence-electron chi connectivity index (χ0n) is 5.58. The van der Waals surface area contributed by atoms with Gasteiger partial charge in [-0.3, -0.25) is 0 Å². The molecule has 1 heterocycles. The first kappa shape index (κ1) is 29.6. The van der Waals surface area contributed by atoms with Crippen molar-refractivity contribution >= 4 is 49.6 Å². The van der Waals surface area contributed by atoms with Crippen LogP contribution in [-0.4, -0.2) is 13.2 Å². The molecule has 76 valence electrons. The van der Waals surface area contributed by atoms with Gasteiger partial charge in [0.1, 0.15) is 0 Å². The highest BCUT2D eigenvalue weighted by molar-refractivity contribution is 5.86. The van der Waals surface area contributed by atoms with Crippen LogP contribution in [0.2, 0.25) is 0 Å². The van der Waals surface area contributed by atoms with Crippen LogP contribution in [0.15, 0.2) is 0 Å². The first-order valence-electron chi connectivity index (χ1n) is 2.58. The van der Waals surface area contributed by atoms with E-state index in [0.717, 1.165) is 13.2 Å². The lowest BCUT2D eigenvalue weighted by atomic mass is 10.2. The molecule has 0 amide bonds. The van der Waals surface area contributed by atoms with Gasteiger partial charge in [-0.25, -0.2) is 0 Å². The summed E-state index contributed by atoms with van der Waals surface area (Å²) < 4.78 is 5.07. The molecule has 0 aromatic carbocycles. The summed E-state index contributed by atoms with van der Waals surface area (Å²) in [6, 6.07) is 0. The third kappa shape index (κ3) is 18.2. The van der Waals surface area contributed by atoms with Gasteiger partial charge in [0.25, 0.3) is 0 Å². The highest BCUT2D eigenvalue weighted by atomic mass is 35.5. The molecule has 0 N–H and O–H groups in total. The summed E-state index contributed by atoms with van der Waals surface area (Å²) in [5.41, 5.74) is 0. The van der Waals surface area contributed by atoms with Crippen LogP contribution in [0.25, 0.3) is 0 Å². The van der Waals surface area contributed by atoms with E-state index >= 15 is 0 Å². The Balaban J connectivity index is -0.0000000240. The van der Waals surface area contributed by atoms with Crippen molar-refractivity contribution in [1.29, 1.82) is 0 Å². The molecule has 11 heavy (non-hydrogen) atoms. The zero-order valence-corrected chi connectivity index (χ0v) is 8.84. The standard InChI is InChI=1S/C5H10O.CH4.4ClH/c1-2-4-6-5-3-1;;;;;/h1-5H2;1H4;4*1H. The fraction of sp³-hybridized carbons (Fsp3) is 1.00. The van der Waals surface area contributed by atoms with Crippen LogP contribution in [0.4, 0.5) is 0 Å². The topological polar surface area (TPSA) is 9.23 Å². The molecule has 1 aliphatic rings. The van der Waals surface area contributed by atoms with Crippen molar-refractivity contribution in [2.24, 2.45) is 0 Å². The van der Waals surface area contributed by atoms with Crippen LogP contribution in [0.5, 0.6) is 0 Å². The zero-order chi connectivity index (χ0) is 4.24. The van der Waals surface area contributed by atoms with Gasteiger partial charge in [0, 0.05) is 13.2 Å². The van der Waals surface area contributed by atoms with E-state index in [9.17, 15) is 0 Å². The Bertz CT molecular complexity index is 30.1. The number of ether oxygens (including phenoxy) is 1. The van der Waals surface area contributed by atoms with Gasteiger partial charge in [0.15, 0.2) is 0 Å². The molecule has 0 aromatic heterocycles. The predicted molar refractivity (Wildman–Crippen MR) is 60.4 cm³/mol. The summed E-state index contributed by atoms with van der Waals surface area (Å²) in [7, 11) is 0. The van der Waals surface area contributed by atoms with E-state index < -0.39 is 0 Å². The van der Waals surface area contributed by atoms with Crippen LogP contribution in [-0.2, 0) is 4.74 Å². The monoisotopic (exact) mass is 246 g/mol.